The summed E-state index contributed by atoms with van der Waals surface area (Å²) in [6.07, 6.45) is -4.08. The molecule has 29 heavy (non-hydrogen) atoms. The van der Waals surface area contributed by atoms with Gasteiger partial charge in [-0.05, 0) is 17.7 Å². The lowest BCUT2D eigenvalue weighted by Gasteiger charge is -2.14. The first-order valence-corrected chi connectivity index (χ1v) is 8.44. The highest BCUT2D eigenvalue weighted by Crippen LogP contribution is 2.32. The number of methoxy groups -OCH3 is 1. The highest BCUT2D eigenvalue weighted by atomic mass is 19.4. The van der Waals surface area contributed by atoms with Crippen LogP contribution < -0.4 is 10.1 Å². The standard InChI is InChI=1S/C20H16F3N3O3/c1-28-16-10-6-5-9-15(16)25-19-24-11-14(17(26-19)20(21,22)23)18(27)29-12-13-7-3-2-4-8-13/h2-11H,12H2,1H3,(H,24,25,26). The van der Waals surface area contributed by atoms with E-state index in [9.17, 15) is 18.0 Å². The van der Waals surface area contributed by atoms with Crippen molar-refractivity contribution in [3.05, 3.63) is 77.6 Å². The molecule has 3 aromatic rings. The van der Waals surface area contributed by atoms with E-state index >= 15 is 0 Å². The summed E-state index contributed by atoms with van der Waals surface area (Å²) in [6, 6.07) is 15.2. The molecule has 3 rings (SSSR count). The fourth-order valence-corrected chi connectivity index (χ4v) is 2.48. The number of para-hydroxylation sites is 2. The van der Waals surface area contributed by atoms with Crippen LogP contribution in [0.3, 0.4) is 0 Å². The van der Waals surface area contributed by atoms with Crippen LogP contribution in [-0.2, 0) is 17.5 Å². The number of hydrogen-bond donors (Lipinski definition) is 1. The van der Waals surface area contributed by atoms with Crippen LogP contribution in [0.2, 0.25) is 0 Å². The Kier molecular flexibility index (Phi) is 5.96. The van der Waals surface area contributed by atoms with Crippen LogP contribution in [0.15, 0.2) is 60.8 Å². The fraction of sp³-hybridized carbons (Fsp3) is 0.150. The number of ether oxygens (including phenoxy) is 2. The van der Waals surface area contributed by atoms with E-state index in [-0.39, 0.29) is 12.6 Å². The third-order valence-corrected chi connectivity index (χ3v) is 3.84. The van der Waals surface area contributed by atoms with Crippen LogP contribution in [0.1, 0.15) is 21.6 Å². The Balaban J connectivity index is 1.85. The van der Waals surface area contributed by atoms with Gasteiger partial charge in [0.05, 0.1) is 12.8 Å². The van der Waals surface area contributed by atoms with Crippen molar-refractivity contribution in [2.45, 2.75) is 12.8 Å². The predicted molar refractivity (Wildman–Crippen MR) is 98.9 cm³/mol. The molecule has 1 aromatic heterocycles. The summed E-state index contributed by atoms with van der Waals surface area (Å²) in [5.74, 6) is -1.09. The molecule has 0 aliphatic rings. The molecule has 1 heterocycles. The van der Waals surface area contributed by atoms with Gasteiger partial charge in [-0.3, -0.25) is 0 Å². The van der Waals surface area contributed by atoms with E-state index in [2.05, 4.69) is 15.3 Å². The minimum Gasteiger partial charge on any atom is -0.495 e. The number of carbonyl (C=O) groups is 1. The zero-order valence-electron chi connectivity index (χ0n) is 15.2. The fourth-order valence-electron chi connectivity index (χ4n) is 2.48. The molecule has 0 atom stereocenters. The molecule has 9 heteroatoms. The second-order valence-corrected chi connectivity index (χ2v) is 5.84. The molecule has 0 saturated heterocycles. The van der Waals surface area contributed by atoms with Crippen LogP contribution in [0.25, 0.3) is 0 Å². The topological polar surface area (TPSA) is 73.3 Å². The lowest BCUT2D eigenvalue weighted by atomic mass is 10.2. The van der Waals surface area contributed by atoms with E-state index < -0.39 is 23.4 Å². The van der Waals surface area contributed by atoms with Crippen molar-refractivity contribution in [1.29, 1.82) is 0 Å². The van der Waals surface area contributed by atoms with E-state index in [1.54, 1.807) is 54.6 Å². The molecule has 1 N–H and O–H groups in total. The molecular formula is C20H16F3N3O3. The maximum Gasteiger partial charge on any atom is 0.434 e. The number of esters is 1. The van der Waals surface area contributed by atoms with Gasteiger partial charge in [-0.1, -0.05) is 42.5 Å². The Morgan fingerprint density at radius 3 is 2.45 bits per heavy atom. The number of nitrogens with zero attached hydrogens (tertiary/aromatic N) is 2. The maximum absolute atomic E-state index is 13.5. The number of benzene rings is 2. The predicted octanol–water partition coefficient (Wildman–Crippen LogP) is 4.60. The normalized spacial score (nSPS) is 11.0. The third kappa shape index (κ3) is 5.01. The second kappa shape index (κ2) is 8.59. The van der Waals surface area contributed by atoms with Gasteiger partial charge < -0.3 is 14.8 Å². The minimum absolute atomic E-state index is 0.168. The first kappa shape index (κ1) is 20.1. The number of alkyl halides is 3. The van der Waals surface area contributed by atoms with Gasteiger partial charge in [-0.25, -0.2) is 14.8 Å². The van der Waals surface area contributed by atoms with Crippen LogP contribution in [0, 0.1) is 0 Å². The molecule has 2 aromatic carbocycles. The zero-order valence-corrected chi connectivity index (χ0v) is 15.2. The van der Waals surface area contributed by atoms with E-state index in [0.29, 0.717) is 17.0 Å². The Morgan fingerprint density at radius 2 is 1.76 bits per heavy atom. The summed E-state index contributed by atoms with van der Waals surface area (Å²) in [6.45, 7) is -0.168. The van der Waals surface area contributed by atoms with Gasteiger partial charge in [0.25, 0.3) is 0 Å². The number of nitrogens with one attached hydrogen (secondary N) is 1. The summed E-state index contributed by atoms with van der Waals surface area (Å²) in [5, 5.41) is 2.66. The zero-order chi connectivity index (χ0) is 20.9. The highest BCUT2D eigenvalue weighted by molar-refractivity contribution is 5.90. The van der Waals surface area contributed by atoms with E-state index in [0.717, 1.165) is 6.20 Å². The van der Waals surface area contributed by atoms with Crippen molar-refractivity contribution < 1.29 is 27.4 Å². The smallest absolute Gasteiger partial charge is 0.434 e. The molecule has 0 amide bonds. The average molecular weight is 403 g/mol. The van der Waals surface area contributed by atoms with Crippen molar-refractivity contribution in [2.24, 2.45) is 0 Å². The summed E-state index contributed by atoms with van der Waals surface area (Å²) in [4.78, 5) is 19.5. The number of halogens is 3. The summed E-state index contributed by atoms with van der Waals surface area (Å²) >= 11 is 0. The van der Waals surface area contributed by atoms with Crippen molar-refractivity contribution in [3.63, 3.8) is 0 Å². The van der Waals surface area contributed by atoms with Gasteiger partial charge in [0.1, 0.15) is 17.9 Å². The van der Waals surface area contributed by atoms with Crippen molar-refractivity contribution >= 4 is 17.6 Å². The maximum atomic E-state index is 13.5. The van der Waals surface area contributed by atoms with Crippen LogP contribution in [-0.4, -0.2) is 23.0 Å². The number of rotatable bonds is 6. The molecule has 0 spiro atoms. The van der Waals surface area contributed by atoms with Crippen LogP contribution in [0.5, 0.6) is 5.75 Å². The average Bonchev–Trinajstić information content (AvgIpc) is 2.72. The second-order valence-electron chi connectivity index (χ2n) is 5.84. The Bertz CT molecular complexity index is 995. The molecular weight excluding hydrogens is 387 g/mol. The molecule has 150 valence electrons. The molecule has 0 aliphatic carbocycles. The van der Waals surface area contributed by atoms with Gasteiger partial charge in [0, 0.05) is 6.20 Å². The Hall–Kier alpha value is -3.62. The van der Waals surface area contributed by atoms with E-state index in [1.807, 2.05) is 0 Å². The van der Waals surface area contributed by atoms with Crippen LogP contribution >= 0.6 is 0 Å². The Morgan fingerprint density at radius 1 is 1.07 bits per heavy atom. The van der Waals surface area contributed by atoms with Crippen molar-refractivity contribution in [3.8, 4) is 5.75 Å². The van der Waals surface area contributed by atoms with Gasteiger partial charge in [0.15, 0.2) is 5.69 Å². The van der Waals surface area contributed by atoms with E-state index in [4.69, 9.17) is 9.47 Å². The van der Waals surface area contributed by atoms with Crippen LogP contribution in [0.4, 0.5) is 24.8 Å². The summed E-state index contributed by atoms with van der Waals surface area (Å²) < 4.78 is 50.6. The largest absolute Gasteiger partial charge is 0.495 e. The molecule has 6 nitrogen and oxygen atoms in total. The lowest BCUT2D eigenvalue weighted by Crippen LogP contribution is -2.19. The third-order valence-electron chi connectivity index (χ3n) is 3.84. The van der Waals surface area contributed by atoms with E-state index in [1.165, 1.54) is 7.11 Å². The molecule has 0 fully saturated rings. The summed E-state index contributed by atoms with van der Waals surface area (Å²) in [7, 11) is 1.42. The highest BCUT2D eigenvalue weighted by Gasteiger charge is 2.38. The Labute approximate surface area is 164 Å². The first-order valence-electron chi connectivity index (χ1n) is 8.44. The molecule has 0 unspecified atom stereocenters. The molecule has 0 bridgehead atoms. The first-order chi connectivity index (χ1) is 13.9. The number of hydrogen-bond acceptors (Lipinski definition) is 6. The van der Waals surface area contributed by atoms with Crippen molar-refractivity contribution in [1.82, 2.24) is 9.97 Å². The lowest BCUT2D eigenvalue weighted by molar-refractivity contribution is -0.141. The molecule has 0 radical (unpaired) electrons. The minimum atomic E-state index is -4.87. The monoisotopic (exact) mass is 403 g/mol. The van der Waals surface area contributed by atoms with Gasteiger partial charge in [-0.2, -0.15) is 13.2 Å². The number of carbonyl (C=O) groups excluding carboxylic acids is 1. The van der Waals surface area contributed by atoms with Gasteiger partial charge >= 0.3 is 12.1 Å². The van der Waals surface area contributed by atoms with Crippen molar-refractivity contribution in [2.75, 3.05) is 12.4 Å². The quantitative estimate of drug-likeness (QED) is 0.606. The SMILES string of the molecule is COc1ccccc1Nc1ncc(C(=O)OCc2ccccc2)c(C(F)(F)F)n1. The number of aromatic nitrogens is 2. The van der Waals surface area contributed by atoms with Gasteiger partial charge in [0.2, 0.25) is 5.95 Å². The number of anilines is 2. The van der Waals surface area contributed by atoms with Gasteiger partial charge in [-0.15, -0.1) is 0 Å². The summed E-state index contributed by atoms with van der Waals surface area (Å²) in [5.41, 5.74) is -1.13. The molecule has 0 saturated carbocycles. The molecule has 0 aliphatic heterocycles.